The van der Waals surface area contributed by atoms with Crippen molar-refractivity contribution >= 4 is 18.0 Å². The van der Waals surface area contributed by atoms with Gasteiger partial charge >= 0.3 is 0 Å². The van der Waals surface area contributed by atoms with Crippen molar-refractivity contribution in [1.29, 1.82) is 0 Å². The molecule has 0 spiro atoms. The predicted octanol–water partition coefficient (Wildman–Crippen LogP) is 7.35. The van der Waals surface area contributed by atoms with Crippen LogP contribution in [0, 0.1) is 19.7 Å². The minimum absolute atomic E-state index is 0.0328. The fourth-order valence-electron chi connectivity index (χ4n) is 4.94. The number of primary amides is 1. The van der Waals surface area contributed by atoms with Crippen molar-refractivity contribution in [2.45, 2.75) is 78.1 Å². The van der Waals surface area contributed by atoms with Crippen LogP contribution in [0.25, 0.3) is 11.1 Å². The van der Waals surface area contributed by atoms with E-state index in [0.717, 1.165) is 54.4 Å². The molecule has 37 heavy (non-hydrogen) atoms. The lowest BCUT2D eigenvalue weighted by atomic mass is 9.86. The van der Waals surface area contributed by atoms with E-state index in [1.807, 2.05) is 44.2 Å². The molecule has 0 heterocycles. The van der Waals surface area contributed by atoms with Gasteiger partial charge in [0.15, 0.2) is 0 Å². The van der Waals surface area contributed by atoms with Gasteiger partial charge in [-0.25, -0.2) is 4.39 Å². The molecule has 1 fully saturated rings. The van der Waals surface area contributed by atoms with E-state index < -0.39 is 5.41 Å². The number of carbonyl (C=O) groups is 2. The fraction of sp³-hybridized carbons (Fsp3) is 0.375. The standard InChI is InChI=1S/C31H36FNO.CH3NO/c1-6-8-23-18-24(11-14-26(23)21(4)7-2)31(15-16-31)30(34)33-25-12-10-22(5)28(19-25)27-13-9-20(3)17-29(27)32;2-1-3/h9-14,17-19,21H,6-8,15-16H2,1-5H3,(H,33,34);1H,(H2,2,3). The molecule has 1 saturated carbocycles. The first-order chi connectivity index (χ1) is 17.7. The minimum Gasteiger partial charge on any atom is -0.372 e. The van der Waals surface area contributed by atoms with Crippen LogP contribution in [0.4, 0.5) is 10.1 Å². The molecule has 3 N–H and O–H groups in total. The van der Waals surface area contributed by atoms with E-state index in [-0.39, 0.29) is 18.1 Å². The molecule has 1 atom stereocenters. The molecule has 0 aliphatic heterocycles. The number of hydrogen-bond donors (Lipinski definition) is 2. The second kappa shape index (κ2) is 12.2. The van der Waals surface area contributed by atoms with Gasteiger partial charge in [-0.15, -0.1) is 0 Å². The van der Waals surface area contributed by atoms with Gasteiger partial charge in [-0.1, -0.05) is 63.6 Å². The number of benzene rings is 3. The Hall–Kier alpha value is -3.47. The van der Waals surface area contributed by atoms with Crippen LogP contribution in [-0.2, 0) is 21.4 Å². The minimum atomic E-state index is -0.462. The number of anilines is 1. The summed E-state index contributed by atoms with van der Waals surface area (Å²) in [4.78, 5) is 22.1. The summed E-state index contributed by atoms with van der Waals surface area (Å²) in [5.41, 5.74) is 11.6. The highest BCUT2D eigenvalue weighted by atomic mass is 19.1. The zero-order chi connectivity index (χ0) is 27.2. The lowest BCUT2D eigenvalue weighted by Gasteiger charge is -2.21. The quantitative estimate of drug-likeness (QED) is 0.316. The Labute approximate surface area is 220 Å². The highest BCUT2D eigenvalue weighted by Crippen LogP contribution is 2.50. The third kappa shape index (κ3) is 6.27. The Morgan fingerprint density at radius 2 is 1.76 bits per heavy atom. The van der Waals surface area contributed by atoms with Crippen molar-refractivity contribution in [1.82, 2.24) is 0 Å². The van der Waals surface area contributed by atoms with E-state index in [4.69, 9.17) is 4.79 Å². The van der Waals surface area contributed by atoms with Crippen molar-refractivity contribution in [3.05, 3.63) is 88.2 Å². The Kier molecular flexibility index (Phi) is 9.25. The molecule has 3 aromatic carbocycles. The van der Waals surface area contributed by atoms with Gasteiger partial charge in [0.2, 0.25) is 12.3 Å². The maximum absolute atomic E-state index is 14.7. The molecule has 2 amide bonds. The lowest BCUT2D eigenvalue weighted by molar-refractivity contribution is -0.118. The molecule has 1 aliphatic carbocycles. The third-order valence-electron chi connectivity index (χ3n) is 7.45. The van der Waals surface area contributed by atoms with Gasteiger partial charge in [0.05, 0.1) is 5.41 Å². The number of carbonyl (C=O) groups excluding carboxylic acids is 2. The first-order valence-corrected chi connectivity index (χ1v) is 13.2. The summed E-state index contributed by atoms with van der Waals surface area (Å²) < 4.78 is 14.7. The summed E-state index contributed by atoms with van der Waals surface area (Å²) in [5.74, 6) is 0.313. The predicted molar refractivity (Wildman–Crippen MR) is 150 cm³/mol. The van der Waals surface area contributed by atoms with Crippen LogP contribution >= 0.6 is 0 Å². The highest BCUT2D eigenvalue weighted by Gasteiger charge is 2.51. The van der Waals surface area contributed by atoms with Crippen molar-refractivity contribution in [2.75, 3.05) is 5.32 Å². The van der Waals surface area contributed by atoms with Crippen LogP contribution in [-0.4, -0.2) is 12.3 Å². The van der Waals surface area contributed by atoms with Crippen LogP contribution in [0.15, 0.2) is 54.6 Å². The molecule has 0 saturated heterocycles. The maximum atomic E-state index is 14.7. The van der Waals surface area contributed by atoms with Gasteiger partial charge in [-0.2, -0.15) is 0 Å². The molecule has 0 radical (unpaired) electrons. The molecule has 1 unspecified atom stereocenters. The van der Waals surface area contributed by atoms with Crippen molar-refractivity contribution in [2.24, 2.45) is 5.73 Å². The molecule has 4 rings (SSSR count). The van der Waals surface area contributed by atoms with Crippen molar-refractivity contribution in [3.63, 3.8) is 0 Å². The van der Waals surface area contributed by atoms with Gasteiger partial charge in [0.25, 0.3) is 0 Å². The second-order valence-corrected chi connectivity index (χ2v) is 10.2. The molecule has 0 bridgehead atoms. The van der Waals surface area contributed by atoms with Gasteiger partial charge in [-0.05, 0) is 97.0 Å². The van der Waals surface area contributed by atoms with Gasteiger partial charge in [-0.3, -0.25) is 9.59 Å². The molecule has 3 aromatic rings. The average Bonchev–Trinajstić information content (AvgIpc) is 3.68. The molecule has 196 valence electrons. The molecule has 4 nitrogen and oxygen atoms in total. The zero-order valence-corrected chi connectivity index (χ0v) is 22.7. The second-order valence-electron chi connectivity index (χ2n) is 10.2. The SMILES string of the molecule is CCCc1cc(C2(C(=O)Nc3ccc(C)c(-c4ccc(C)cc4F)c3)CC2)ccc1C(C)CC.NC=O. The molecule has 5 heteroatoms. The van der Waals surface area contributed by atoms with E-state index in [2.05, 4.69) is 50.0 Å². The van der Waals surface area contributed by atoms with E-state index in [1.165, 1.54) is 11.1 Å². The lowest BCUT2D eigenvalue weighted by Crippen LogP contribution is -2.28. The number of nitrogens with two attached hydrogens (primary N) is 1. The summed E-state index contributed by atoms with van der Waals surface area (Å²) in [6.07, 6.45) is 5.21. The Balaban J connectivity index is 0.00000121. The molecular weight excluding hydrogens is 463 g/mol. The third-order valence-corrected chi connectivity index (χ3v) is 7.45. The van der Waals surface area contributed by atoms with Gasteiger partial charge in [0, 0.05) is 11.3 Å². The van der Waals surface area contributed by atoms with E-state index in [1.54, 1.807) is 6.07 Å². The Bertz CT molecular complexity index is 1260. The van der Waals surface area contributed by atoms with E-state index in [9.17, 15) is 9.18 Å². The summed E-state index contributed by atoms with van der Waals surface area (Å²) in [6.45, 7) is 10.6. The number of amides is 2. The fourth-order valence-corrected chi connectivity index (χ4v) is 4.94. The number of hydrogen-bond acceptors (Lipinski definition) is 2. The summed E-state index contributed by atoms with van der Waals surface area (Å²) in [5, 5.41) is 3.15. The highest BCUT2D eigenvalue weighted by molar-refractivity contribution is 6.02. The van der Waals surface area contributed by atoms with Crippen LogP contribution in [0.3, 0.4) is 0 Å². The van der Waals surface area contributed by atoms with Gasteiger partial charge < -0.3 is 11.1 Å². The number of halogens is 1. The van der Waals surface area contributed by atoms with Crippen molar-refractivity contribution < 1.29 is 14.0 Å². The van der Waals surface area contributed by atoms with E-state index >= 15 is 0 Å². The smallest absolute Gasteiger partial charge is 0.235 e. The number of nitrogens with one attached hydrogen (secondary N) is 1. The average molecular weight is 503 g/mol. The molecular formula is C32H39FN2O2. The summed E-state index contributed by atoms with van der Waals surface area (Å²) in [6, 6.07) is 17.7. The van der Waals surface area contributed by atoms with Gasteiger partial charge in [0.1, 0.15) is 5.82 Å². The van der Waals surface area contributed by atoms with Crippen LogP contribution in [0.1, 0.15) is 80.2 Å². The Morgan fingerprint density at radius 1 is 1.05 bits per heavy atom. The molecule has 0 aromatic heterocycles. The number of rotatable bonds is 8. The Morgan fingerprint density at radius 3 is 2.35 bits per heavy atom. The largest absolute Gasteiger partial charge is 0.372 e. The summed E-state index contributed by atoms with van der Waals surface area (Å²) in [7, 11) is 0. The van der Waals surface area contributed by atoms with Crippen LogP contribution in [0.5, 0.6) is 0 Å². The normalized spacial score (nSPS) is 14.2. The zero-order valence-electron chi connectivity index (χ0n) is 22.7. The first kappa shape index (κ1) is 28.1. The van der Waals surface area contributed by atoms with Crippen molar-refractivity contribution in [3.8, 4) is 11.1 Å². The maximum Gasteiger partial charge on any atom is 0.235 e. The number of aryl methyl sites for hydroxylation is 3. The summed E-state index contributed by atoms with van der Waals surface area (Å²) >= 11 is 0. The van der Waals surface area contributed by atoms with Crippen LogP contribution < -0.4 is 11.1 Å². The first-order valence-electron chi connectivity index (χ1n) is 13.2. The topological polar surface area (TPSA) is 72.2 Å². The molecule has 1 aliphatic rings. The van der Waals surface area contributed by atoms with E-state index in [0.29, 0.717) is 17.2 Å². The monoisotopic (exact) mass is 502 g/mol. The van der Waals surface area contributed by atoms with Crippen LogP contribution in [0.2, 0.25) is 0 Å².